The Labute approximate surface area is 127 Å². The monoisotopic (exact) mass is 299 g/mol. The summed E-state index contributed by atoms with van der Waals surface area (Å²) in [5.41, 5.74) is 0.957. The van der Waals surface area contributed by atoms with Gasteiger partial charge in [-0.2, -0.15) is 10.2 Å². The summed E-state index contributed by atoms with van der Waals surface area (Å²) >= 11 is 0. The van der Waals surface area contributed by atoms with Crippen LogP contribution >= 0.6 is 0 Å². The average molecular weight is 299 g/mol. The number of hydrogen-bond acceptors (Lipinski definition) is 4. The Morgan fingerprint density at radius 1 is 1.32 bits per heavy atom. The van der Waals surface area contributed by atoms with E-state index in [0.717, 1.165) is 12.1 Å². The molecule has 3 aromatic heterocycles. The second-order valence-corrected chi connectivity index (χ2v) is 4.86. The van der Waals surface area contributed by atoms with E-state index < -0.39 is 0 Å². The van der Waals surface area contributed by atoms with Gasteiger partial charge in [0.1, 0.15) is 5.76 Å². The topological polar surface area (TPSA) is 77.9 Å². The molecular weight excluding hydrogens is 282 g/mol. The van der Waals surface area contributed by atoms with Crippen molar-refractivity contribution in [1.29, 1.82) is 0 Å². The second-order valence-electron chi connectivity index (χ2n) is 4.86. The van der Waals surface area contributed by atoms with Crippen molar-refractivity contribution in [3.8, 4) is 0 Å². The number of aromatic nitrogens is 4. The molecule has 3 rings (SSSR count). The highest BCUT2D eigenvalue weighted by Crippen LogP contribution is 2.09. The smallest absolute Gasteiger partial charge is 0.287 e. The molecule has 114 valence electrons. The number of amides is 1. The van der Waals surface area contributed by atoms with Crippen LogP contribution in [0.2, 0.25) is 0 Å². The first-order valence-electron chi connectivity index (χ1n) is 7.10. The summed E-state index contributed by atoms with van der Waals surface area (Å²) in [6.07, 6.45) is 7.20. The van der Waals surface area contributed by atoms with Crippen LogP contribution in [0.1, 0.15) is 28.8 Å². The van der Waals surface area contributed by atoms with Crippen molar-refractivity contribution >= 4 is 5.91 Å². The van der Waals surface area contributed by atoms with Gasteiger partial charge in [-0.15, -0.1) is 0 Å². The maximum absolute atomic E-state index is 12.1. The molecule has 0 aliphatic carbocycles. The van der Waals surface area contributed by atoms with Crippen LogP contribution in [0.5, 0.6) is 0 Å². The predicted octanol–water partition coefficient (Wildman–Crippen LogP) is 1.67. The molecule has 3 aromatic rings. The minimum atomic E-state index is -0.240. The van der Waals surface area contributed by atoms with E-state index in [2.05, 4.69) is 15.5 Å². The summed E-state index contributed by atoms with van der Waals surface area (Å²) in [5, 5.41) is 11.1. The first-order valence-corrected chi connectivity index (χ1v) is 7.10. The van der Waals surface area contributed by atoms with Crippen molar-refractivity contribution in [3.63, 3.8) is 0 Å². The van der Waals surface area contributed by atoms with Crippen LogP contribution in [-0.4, -0.2) is 25.5 Å². The Morgan fingerprint density at radius 3 is 2.95 bits per heavy atom. The van der Waals surface area contributed by atoms with Gasteiger partial charge in [0.05, 0.1) is 12.7 Å². The number of rotatable bonds is 6. The zero-order valence-corrected chi connectivity index (χ0v) is 12.3. The van der Waals surface area contributed by atoms with Crippen LogP contribution in [0.4, 0.5) is 0 Å². The fourth-order valence-electron chi connectivity index (χ4n) is 2.08. The molecule has 0 spiro atoms. The normalized spacial score (nSPS) is 10.8. The van der Waals surface area contributed by atoms with Gasteiger partial charge in [0.25, 0.3) is 5.91 Å². The standard InChI is InChI=1S/C15H17N5O2/c1-2-19-10-12(9-18-19)8-16-15(21)14-5-4-13(22-14)11-20-7-3-6-17-20/h3-7,9-10H,2,8,11H2,1H3,(H,16,21). The third-order valence-electron chi connectivity index (χ3n) is 3.23. The molecular formula is C15H17N5O2. The molecule has 0 saturated heterocycles. The fraction of sp³-hybridized carbons (Fsp3) is 0.267. The molecule has 7 nitrogen and oxygen atoms in total. The lowest BCUT2D eigenvalue weighted by molar-refractivity contribution is 0.0921. The molecule has 0 aliphatic heterocycles. The molecule has 0 aromatic carbocycles. The van der Waals surface area contributed by atoms with Gasteiger partial charge >= 0.3 is 0 Å². The fourth-order valence-corrected chi connectivity index (χ4v) is 2.08. The molecule has 22 heavy (non-hydrogen) atoms. The number of hydrogen-bond donors (Lipinski definition) is 1. The van der Waals surface area contributed by atoms with E-state index in [0.29, 0.717) is 24.6 Å². The van der Waals surface area contributed by atoms with Gasteiger partial charge in [-0.1, -0.05) is 0 Å². The Kier molecular flexibility index (Phi) is 4.04. The van der Waals surface area contributed by atoms with Crippen LogP contribution in [0, 0.1) is 0 Å². The molecule has 0 fully saturated rings. The number of nitrogens with one attached hydrogen (secondary N) is 1. The van der Waals surface area contributed by atoms with Gasteiger partial charge in [-0.3, -0.25) is 14.2 Å². The Bertz CT molecular complexity index is 742. The van der Waals surface area contributed by atoms with Crippen molar-refractivity contribution in [1.82, 2.24) is 24.9 Å². The van der Waals surface area contributed by atoms with Crippen LogP contribution in [0.25, 0.3) is 0 Å². The van der Waals surface area contributed by atoms with E-state index in [1.807, 2.05) is 30.1 Å². The Morgan fingerprint density at radius 2 is 2.23 bits per heavy atom. The largest absolute Gasteiger partial charge is 0.454 e. The summed E-state index contributed by atoms with van der Waals surface area (Å²) in [7, 11) is 0. The molecule has 0 atom stereocenters. The van der Waals surface area contributed by atoms with Gasteiger partial charge in [0, 0.05) is 37.2 Å². The van der Waals surface area contributed by atoms with Crippen LogP contribution < -0.4 is 5.32 Å². The zero-order chi connectivity index (χ0) is 15.4. The van der Waals surface area contributed by atoms with Crippen molar-refractivity contribution in [2.75, 3.05) is 0 Å². The minimum absolute atomic E-state index is 0.240. The molecule has 0 aliphatic rings. The lowest BCUT2D eigenvalue weighted by atomic mass is 10.3. The summed E-state index contributed by atoms with van der Waals surface area (Å²) in [6.45, 7) is 3.75. The number of furan rings is 1. The van der Waals surface area contributed by atoms with Gasteiger partial charge < -0.3 is 9.73 Å². The van der Waals surface area contributed by atoms with E-state index in [1.54, 1.807) is 29.2 Å². The maximum atomic E-state index is 12.1. The van der Waals surface area contributed by atoms with E-state index in [4.69, 9.17) is 4.42 Å². The summed E-state index contributed by atoms with van der Waals surface area (Å²) < 4.78 is 9.09. The van der Waals surface area contributed by atoms with Gasteiger partial charge in [0.2, 0.25) is 0 Å². The number of nitrogens with zero attached hydrogens (tertiary/aromatic N) is 4. The van der Waals surface area contributed by atoms with Gasteiger partial charge in [-0.05, 0) is 25.1 Å². The third-order valence-corrected chi connectivity index (χ3v) is 3.23. The molecule has 3 heterocycles. The molecule has 0 radical (unpaired) electrons. The van der Waals surface area contributed by atoms with Gasteiger partial charge in [0.15, 0.2) is 5.76 Å². The van der Waals surface area contributed by atoms with E-state index in [9.17, 15) is 4.79 Å². The van der Waals surface area contributed by atoms with Crippen LogP contribution in [0.3, 0.4) is 0 Å². The summed E-state index contributed by atoms with van der Waals surface area (Å²) in [6, 6.07) is 5.29. The van der Waals surface area contributed by atoms with Crippen molar-refractivity contribution in [3.05, 3.63) is 60.1 Å². The van der Waals surface area contributed by atoms with Crippen LogP contribution in [-0.2, 0) is 19.6 Å². The molecule has 1 N–H and O–H groups in total. The summed E-state index contributed by atoms with van der Waals surface area (Å²) in [4.78, 5) is 12.1. The first kappa shape index (κ1) is 14.1. The third kappa shape index (κ3) is 3.25. The lowest BCUT2D eigenvalue weighted by Crippen LogP contribution is -2.22. The maximum Gasteiger partial charge on any atom is 0.287 e. The summed E-state index contributed by atoms with van der Waals surface area (Å²) in [5.74, 6) is 0.744. The van der Waals surface area contributed by atoms with E-state index in [1.165, 1.54) is 0 Å². The number of aryl methyl sites for hydroxylation is 1. The highest BCUT2D eigenvalue weighted by Gasteiger charge is 2.11. The highest BCUT2D eigenvalue weighted by molar-refractivity contribution is 5.91. The molecule has 0 saturated carbocycles. The van der Waals surface area contributed by atoms with E-state index >= 15 is 0 Å². The van der Waals surface area contributed by atoms with E-state index in [-0.39, 0.29) is 5.91 Å². The van der Waals surface area contributed by atoms with Crippen LogP contribution in [0.15, 0.2) is 47.4 Å². The number of carbonyl (C=O) groups is 1. The zero-order valence-electron chi connectivity index (χ0n) is 12.3. The highest BCUT2D eigenvalue weighted by atomic mass is 16.4. The quantitative estimate of drug-likeness (QED) is 0.751. The minimum Gasteiger partial charge on any atom is -0.454 e. The molecule has 7 heteroatoms. The van der Waals surface area contributed by atoms with Gasteiger partial charge in [-0.25, -0.2) is 0 Å². The predicted molar refractivity (Wildman–Crippen MR) is 79.1 cm³/mol. The van der Waals surface area contributed by atoms with Crippen molar-refractivity contribution in [2.24, 2.45) is 0 Å². The van der Waals surface area contributed by atoms with Crippen molar-refractivity contribution in [2.45, 2.75) is 26.6 Å². The first-order chi connectivity index (χ1) is 10.7. The molecule has 0 bridgehead atoms. The SMILES string of the molecule is CCn1cc(CNC(=O)c2ccc(Cn3cccn3)o2)cn1. The average Bonchev–Trinajstić information content (AvgIpc) is 3.27. The lowest BCUT2D eigenvalue weighted by Gasteiger charge is -2.01. The molecule has 0 unspecified atom stereocenters. The molecule has 1 amide bonds. The second kappa shape index (κ2) is 6.30. The van der Waals surface area contributed by atoms with Crippen molar-refractivity contribution < 1.29 is 9.21 Å². The Balaban J connectivity index is 1.57. The Hall–Kier alpha value is -2.83. The number of carbonyl (C=O) groups excluding carboxylic acids is 1.